The Hall–Kier alpha value is -0.880. The lowest BCUT2D eigenvalue weighted by Gasteiger charge is -2.38. The zero-order chi connectivity index (χ0) is 15.6. The summed E-state index contributed by atoms with van der Waals surface area (Å²) in [5, 5.41) is 7.64. The highest BCUT2D eigenvalue weighted by molar-refractivity contribution is 9.10. The molecule has 118 valence electrons. The molecule has 0 aliphatic carbocycles. The molecule has 1 aliphatic heterocycles. The van der Waals surface area contributed by atoms with Crippen LogP contribution in [0.15, 0.2) is 15.5 Å². The Morgan fingerprint density at radius 2 is 2.05 bits per heavy atom. The number of hydrogen-bond donors (Lipinski definition) is 1. The standard InChI is InChI=1S/C15H25BrN4O/c1-11(2)20-14(21)13(16)12(9-18-20)17-10-15(3)5-7-19(4)8-6-15/h9,11,17H,5-8,10H2,1-4H3. The van der Waals surface area contributed by atoms with Crippen LogP contribution in [0.3, 0.4) is 0 Å². The lowest BCUT2D eigenvalue weighted by molar-refractivity contribution is 0.150. The second-order valence-corrected chi connectivity index (χ2v) is 7.48. The molecule has 0 bridgehead atoms. The van der Waals surface area contributed by atoms with E-state index < -0.39 is 0 Å². The fourth-order valence-corrected chi connectivity index (χ4v) is 3.00. The fraction of sp³-hybridized carbons (Fsp3) is 0.733. The van der Waals surface area contributed by atoms with Gasteiger partial charge >= 0.3 is 0 Å². The topological polar surface area (TPSA) is 50.2 Å². The van der Waals surface area contributed by atoms with E-state index in [0.717, 1.165) is 25.3 Å². The van der Waals surface area contributed by atoms with Gasteiger partial charge in [0.05, 0.1) is 17.9 Å². The molecule has 21 heavy (non-hydrogen) atoms. The molecule has 0 unspecified atom stereocenters. The summed E-state index contributed by atoms with van der Waals surface area (Å²) >= 11 is 3.41. The van der Waals surface area contributed by atoms with Gasteiger partial charge in [-0.1, -0.05) is 6.92 Å². The van der Waals surface area contributed by atoms with Crippen LogP contribution >= 0.6 is 15.9 Å². The van der Waals surface area contributed by atoms with Crippen molar-refractivity contribution in [1.82, 2.24) is 14.7 Å². The lowest BCUT2D eigenvalue weighted by atomic mass is 9.80. The number of nitrogens with zero attached hydrogens (tertiary/aromatic N) is 3. The van der Waals surface area contributed by atoms with Crippen LogP contribution in [-0.4, -0.2) is 41.4 Å². The van der Waals surface area contributed by atoms with Gasteiger partial charge in [0.1, 0.15) is 4.47 Å². The van der Waals surface area contributed by atoms with Crippen LogP contribution in [0.2, 0.25) is 0 Å². The predicted octanol–water partition coefficient (Wildman–Crippen LogP) is 2.73. The second-order valence-electron chi connectivity index (χ2n) is 6.68. The van der Waals surface area contributed by atoms with Crippen molar-refractivity contribution in [3.05, 3.63) is 21.0 Å². The van der Waals surface area contributed by atoms with E-state index in [-0.39, 0.29) is 17.0 Å². The van der Waals surface area contributed by atoms with E-state index in [1.54, 1.807) is 6.20 Å². The Labute approximate surface area is 134 Å². The molecule has 2 rings (SSSR count). The van der Waals surface area contributed by atoms with Crippen LogP contribution in [0.5, 0.6) is 0 Å². The van der Waals surface area contributed by atoms with Crippen LogP contribution in [-0.2, 0) is 0 Å². The van der Waals surface area contributed by atoms with Gasteiger partial charge in [0.15, 0.2) is 0 Å². The van der Waals surface area contributed by atoms with Gasteiger partial charge in [-0.2, -0.15) is 5.10 Å². The summed E-state index contributed by atoms with van der Waals surface area (Å²) in [4.78, 5) is 14.6. The molecule has 1 N–H and O–H groups in total. The van der Waals surface area contributed by atoms with Crippen LogP contribution in [0.1, 0.15) is 39.7 Å². The maximum Gasteiger partial charge on any atom is 0.283 e. The van der Waals surface area contributed by atoms with Gasteiger partial charge in [-0.15, -0.1) is 0 Å². The van der Waals surface area contributed by atoms with E-state index in [1.807, 2.05) is 13.8 Å². The summed E-state index contributed by atoms with van der Waals surface area (Å²) in [6.07, 6.45) is 4.08. The summed E-state index contributed by atoms with van der Waals surface area (Å²) in [6, 6.07) is 0.0641. The molecule has 1 fully saturated rings. The van der Waals surface area contributed by atoms with Gasteiger partial charge < -0.3 is 10.2 Å². The van der Waals surface area contributed by atoms with Crippen molar-refractivity contribution >= 4 is 21.6 Å². The maximum absolute atomic E-state index is 12.2. The molecule has 0 amide bonds. The highest BCUT2D eigenvalue weighted by atomic mass is 79.9. The molecular weight excluding hydrogens is 332 g/mol. The molecule has 0 spiro atoms. The molecule has 0 radical (unpaired) electrons. The number of aromatic nitrogens is 2. The zero-order valence-corrected chi connectivity index (χ0v) is 14.9. The average Bonchev–Trinajstić information content (AvgIpc) is 2.44. The van der Waals surface area contributed by atoms with E-state index in [0.29, 0.717) is 4.47 Å². The van der Waals surface area contributed by atoms with Gasteiger partial charge in [0, 0.05) is 6.54 Å². The van der Waals surface area contributed by atoms with E-state index in [9.17, 15) is 4.79 Å². The third-order valence-corrected chi connectivity index (χ3v) is 5.10. The van der Waals surface area contributed by atoms with E-state index >= 15 is 0 Å². The van der Waals surface area contributed by atoms with Gasteiger partial charge in [0.2, 0.25) is 0 Å². The summed E-state index contributed by atoms with van der Waals surface area (Å²) < 4.78 is 2.06. The van der Waals surface area contributed by atoms with Crippen LogP contribution in [0, 0.1) is 5.41 Å². The first-order chi connectivity index (χ1) is 9.82. The minimum absolute atomic E-state index is 0.0641. The van der Waals surface area contributed by atoms with Crippen molar-refractivity contribution in [2.45, 2.75) is 39.7 Å². The molecule has 0 atom stereocenters. The highest BCUT2D eigenvalue weighted by Gasteiger charge is 2.28. The predicted molar refractivity (Wildman–Crippen MR) is 89.9 cm³/mol. The monoisotopic (exact) mass is 356 g/mol. The van der Waals surface area contributed by atoms with Crippen molar-refractivity contribution in [1.29, 1.82) is 0 Å². The van der Waals surface area contributed by atoms with Gasteiger partial charge in [-0.05, 0) is 68.2 Å². The highest BCUT2D eigenvalue weighted by Crippen LogP contribution is 2.31. The van der Waals surface area contributed by atoms with Crippen molar-refractivity contribution < 1.29 is 0 Å². The Morgan fingerprint density at radius 3 is 2.62 bits per heavy atom. The number of hydrogen-bond acceptors (Lipinski definition) is 4. The minimum atomic E-state index is -0.0801. The molecular formula is C15H25BrN4O. The fourth-order valence-electron chi connectivity index (χ4n) is 2.58. The number of anilines is 1. The molecule has 5 nitrogen and oxygen atoms in total. The first kappa shape index (κ1) is 16.5. The Morgan fingerprint density at radius 1 is 1.43 bits per heavy atom. The number of halogens is 1. The number of rotatable bonds is 4. The van der Waals surface area contributed by atoms with Crippen molar-refractivity contribution in [2.75, 3.05) is 32.0 Å². The van der Waals surface area contributed by atoms with Crippen LogP contribution in [0.4, 0.5) is 5.69 Å². The van der Waals surface area contributed by atoms with E-state index in [1.165, 1.54) is 17.5 Å². The summed E-state index contributed by atoms with van der Waals surface area (Å²) in [5.41, 5.74) is 0.986. The maximum atomic E-state index is 12.2. The van der Waals surface area contributed by atoms with Crippen LogP contribution in [0.25, 0.3) is 0 Å². The van der Waals surface area contributed by atoms with E-state index in [2.05, 4.69) is 45.2 Å². The van der Waals surface area contributed by atoms with Crippen LogP contribution < -0.4 is 10.9 Å². The summed E-state index contributed by atoms with van der Waals surface area (Å²) in [5.74, 6) is 0. The van der Waals surface area contributed by atoms with Gasteiger partial charge in [0.25, 0.3) is 5.56 Å². The number of piperidine rings is 1. The smallest absolute Gasteiger partial charge is 0.283 e. The molecule has 1 saturated heterocycles. The Kier molecular flexibility index (Phi) is 5.09. The third-order valence-electron chi connectivity index (χ3n) is 4.33. The van der Waals surface area contributed by atoms with Gasteiger partial charge in [-0.25, -0.2) is 4.68 Å². The minimum Gasteiger partial charge on any atom is -0.382 e. The molecule has 1 aliphatic rings. The van der Waals surface area contributed by atoms with Gasteiger partial charge in [-0.3, -0.25) is 4.79 Å². The first-order valence-corrected chi connectivity index (χ1v) is 8.31. The largest absolute Gasteiger partial charge is 0.382 e. The van der Waals surface area contributed by atoms with Crippen molar-refractivity contribution in [2.24, 2.45) is 5.41 Å². The molecule has 1 aromatic heterocycles. The Bertz CT molecular complexity index is 547. The quantitative estimate of drug-likeness (QED) is 0.900. The first-order valence-electron chi connectivity index (χ1n) is 7.52. The molecule has 6 heteroatoms. The van der Waals surface area contributed by atoms with Crippen molar-refractivity contribution in [3.8, 4) is 0 Å². The zero-order valence-electron chi connectivity index (χ0n) is 13.3. The molecule has 0 aromatic carbocycles. The molecule has 0 saturated carbocycles. The number of likely N-dealkylation sites (tertiary alicyclic amines) is 1. The Balaban J connectivity index is 2.07. The molecule has 1 aromatic rings. The molecule has 2 heterocycles. The van der Waals surface area contributed by atoms with E-state index in [4.69, 9.17) is 0 Å². The normalized spacial score (nSPS) is 19.0. The number of nitrogens with one attached hydrogen (secondary N) is 1. The second kappa shape index (κ2) is 6.48. The summed E-state index contributed by atoms with van der Waals surface area (Å²) in [7, 11) is 2.17. The summed E-state index contributed by atoms with van der Waals surface area (Å²) in [6.45, 7) is 9.34. The lowest BCUT2D eigenvalue weighted by Crippen LogP contribution is -2.40. The third kappa shape index (κ3) is 3.86. The SMILES string of the molecule is CC(C)n1ncc(NCC2(C)CCN(C)CC2)c(Br)c1=O. The average molecular weight is 357 g/mol. The van der Waals surface area contributed by atoms with Crippen molar-refractivity contribution in [3.63, 3.8) is 0 Å².